The van der Waals surface area contributed by atoms with E-state index in [4.69, 9.17) is 0 Å². The van der Waals surface area contributed by atoms with Gasteiger partial charge in [-0.25, -0.2) is 4.31 Å². The fourth-order valence-electron chi connectivity index (χ4n) is 3.24. The van der Waals surface area contributed by atoms with E-state index in [2.05, 4.69) is 0 Å². The van der Waals surface area contributed by atoms with Crippen LogP contribution in [0.15, 0.2) is 54.6 Å². The highest BCUT2D eigenvalue weighted by atomic mass is 32.2. The van der Waals surface area contributed by atoms with Crippen LogP contribution in [0.3, 0.4) is 0 Å². The molecular formula is C19H23N3O3S. The van der Waals surface area contributed by atoms with Gasteiger partial charge in [0.25, 0.3) is 0 Å². The second-order valence-corrected chi connectivity index (χ2v) is 8.64. The Morgan fingerprint density at radius 3 is 2.35 bits per heavy atom. The number of nitrogens with zero attached hydrogens (tertiary/aromatic N) is 3. The van der Waals surface area contributed by atoms with Gasteiger partial charge in [-0.15, -0.1) is 0 Å². The molecule has 0 radical (unpaired) electrons. The summed E-state index contributed by atoms with van der Waals surface area (Å²) in [5.41, 5.74) is 2.44. The number of carbonyl (C=O) groups excluding carboxylic acids is 1. The lowest BCUT2D eigenvalue weighted by Gasteiger charge is -2.30. The van der Waals surface area contributed by atoms with E-state index in [0.29, 0.717) is 5.69 Å². The summed E-state index contributed by atoms with van der Waals surface area (Å²) in [6.07, 6.45) is 0.772. The zero-order chi connectivity index (χ0) is 18.9. The van der Waals surface area contributed by atoms with Crippen LogP contribution in [0.4, 0.5) is 11.4 Å². The van der Waals surface area contributed by atoms with Gasteiger partial charge in [0, 0.05) is 25.8 Å². The molecule has 1 aliphatic rings. The quantitative estimate of drug-likeness (QED) is 0.808. The third-order valence-electron chi connectivity index (χ3n) is 4.54. The van der Waals surface area contributed by atoms with Gasteiger partial charge in [0.1, 0.15) is 6.54 Å². The molecule has 1 atom stereocenters. The van der Waals surface area contributed by atoms with Crippen molar-refractivity contribution >= 4 is 27.5 Å². The molecule has 26 heavy (non-hydrogen) atoms. The molecule has 138 valence electrons. The lowest BCUT2D eigenvalue weighted by atomic mass is 10.1. The van der Waals surface area contributed by atoms with Gasteiger partial charge in [-0.1, -0.05) is 36.4 Å². The van der Waals surface area contributed by atoms with Gasteiger partial charge in [-0.05, 0) is 37.1 Å². The number of carbonyl (C=O) groups is 1. The first-order valence-electron chi connectivity index (χ1n) is 8.47. The second kappa shape index (κ2) is 7.09. The average molecular weight is 373 g/mol. The molecular weight excluding hydrogens is 350 g/mol. The van der Waals surface area contributed by atoms with Gasteiger partial charge < -0.3 is 4.90 Å². The number of hydrogen-bond acceptors (Lipinski definition) is 3. The molecule has 1 heterocycles. The van der Waals surface area contributed by atoms with Gasteiger partial charge in [-0.2, -0.15) is 12.7 Å². The average Bonchev–Trinajstić information content (AvgIpc) is 2.95. The Labute approximate surface area is 154 Å². The highest BCUT2D eigenvalue weighted by molar-refractivity contribution is 7.90. The molecule has 3 rings (SSSR count). The lowest BCUT2D eigenvalue weighted by molar-refractivity contribution is -0.117. The van der Waals surface area contributed by atoms with Crippen molar-refractivity contribution in [1.82, 2.24) is 4.31 Å². The van der Waals surface area contributed by atoms with Gasteiger partial charge >= 0.3 is 10.2 Å². The maximum absolute atomic E-state index is 13.1. The van der Waals surface area contributed by atoms with Crippen LogP contribution in [-0.2, 0) is 21.4 Å². The van der Waals surface area contributed by atoms with E-state index in [0.717, 1.165) is 26.3 Å². The molecule has 0 aromatic heterocycles. The SMILES string of the molecule is CC1Cc2ccccc2N1C(=O)CN(c1ccccc1)S(=O)(=O)N(C)C. The summed E-state index contributed by atoms with van der Waals surface area (Å²) in [6, 6.07) is 16.5. The van der Waals surface area contributed by atoms with E-state index in [1.807, 2.05) is 37.3 Å². The molecule has 0 aliphatic carbocycles. The van der Waals surface area contributed by atoms with E-state index in [1.54, 1.807) is 29.2 Å². The maximum atomic E-state index is 13.1. The Hall–Kier alpha value is -2.38. The number of fused-ring (bicyclic) bond motifs is 1. The summed E-state index contributed by atoms with van der Waals surface area (Å²) < 4.78 is 27.9. The Morgan fingerprint density at radius 1 is 1.08 bits per heavy atom. The fraction of sp³-hybridized carbons (Fsp3) is 0.316. The van der Waals surface area contributed by atoms with E-state index < -0.39 is 10.2 Å². The number of hydrogen-bond donors (Lipinski definition) is 0. The van der Waals surface area contributed by atoms with E-state index in [1.165, 1.54) is 14.1 Å². The van der Waals surface area contributed by atoms with Gasteiger partial charge in [0.15, 0.2) is 0 Å². The summed E-state index contributed by atoms with van der Waals surface area (Å²) in [6.45, 7) is 1.73. The van der Waals surface area contributed by atoms with Crippen molar-refractivity contribution in [3.05, 3.63) is 60.2 Å². The van der Waals surface area contributed by atoms with Crippen LogP contribution in [-0.4, -0.2) is 45.3 Å². The molecule has 0 N–H and O–H groups in total. The van der Waals surface area contributed by atoms with Crippen LogP contribution in [0.1, 0.15) is 12.5 Å². The molecule has 1 unspecified atom stereocenters. The van der Waals surface area contributed by atoms with Crippen molar-refractivity contribution in [2.24, 2.45) is 0 Å². The van der Waals surface area contributed by atoms with Crippen LogP contribution >= 0.6 is 0 Å². The Kier molecular flexibility index (Phi) is 5.02. The van der Waals surface area contributed by atoms with Crippen LogP contribution < -0.4 is 9.21 Å². The van der Waals surface area contributed by atoms with Crippen LogP contribution in [0.25, 0.3) is 0 Å². The molecule has 0 saturated heterocycles. The molecule has 0 bridgehead atoms. The molecule has 2 aromatic rings. The molecule has 1 aliphatic heterocycles. The van der Waals surface area contributed by atoms with Crippen LogP contribution in [0, 0.1) is 0 Å². The molecule has 0 saturated carbocycles. The number of amides is 1. The minimum Gasteiger partial charge on any atom is -0.307 e. The standard InChI is InChI=1S/C19H23N3O3S/c1-15-13-16-9-7-8-12-18(16)22(15)19(23)14-21(26(24,25)20(2)3)17-10-5-4-6-11-17/h4-12,15H,13-14H2,1-3H3. The molecule has 1 amide bonds. The fourth-order valence-corrected chi connectivity index (χ4v) is 4.30. The Bertz CT molecular complexity index is 897. The number of anilines is 2. The zero-order valence-corrected chi connectivity index (χ0v) is 16.0. The first kappa shape index (κ1) is 18.4. The molecule has 7 heteroatoms. The van der Waals surface area contributed by atoms with Crippen molar-refractivity contribution in [3.63, 3.8) is 0 Å². The van der Waals surface area contributed by atoms with Crippen molar-refractivity contribution < 1.29 is 13.2 Å². The largest absolute Gasteiger partial charge is 0.307 e. The maximum Gasteiger partial charge on any atom is 0.304 e. The predicted molar refractivity (Wildman–Crippen MR) is 103 cm³/mol. The third-order valence-corrected chi connectivity index (χ3v) is 6.36. The minimum absolute atomic E-state index is 0.000386. The molecule has 0 fully saturated rings. The van der Waals surface area contributed by atoms with Gasteiger partial charge in [0.05, 0.1) is 5.69 Å². The predicted octanol–water partition coefficient (Wildman–Crippen LogP) is 2.28. The Morgan fingerprint density at radius 2 is 1.69 bits per heavy atom. The van der Waals surface area contributed by atoms with Crippen LogP contribution in [0.5, 0.6) is 0 Å². The summed E-state index contributed by atoms with van der Waals surface area (Å²) in [5.74, 6) is -0.239. The molecule has 2 aromatic carbocycles. The van der Waals surface area contributed by atoms with Crippen molar-refractivity contribution in [1.29, 1.82) is 0 Å². The smallest absolute Gasteiger partial charge is 0.304 e. The van der Waals surface area contributed by atoms with Crippen molar-refractivity contribution in [3.8, 4) is 0 Å². The normalized spacial score (nSPS) is 16.6. The summed E-state index contributed by atoms with van der Waals surface area (Å²) >= 11 is 0. The molecule has 6 nitrogen and oxygen atoms in total. The lowest BCUT2D eigenvalue weighted by Crippen LogP contribution is -2.48. The first-order chi connectivity index (χ1) is 12.3. The highest BCUT2D eigenvalue weighted by Gasteiger charge is 2.34. The zero-order valence-electron chi connectivity index (χ0n) is 15.2. The van der Waals surface area contributed by atoms with E-state index in [9.17, 15) is 13.2 Å². The van der Waals surface area contributed by atoms with E-state index in [-0.39, 0.29) is 18.5 Å². The van der Waals surface area contributed by atoms with Crippen molar-refractivity contribution in [2.75, 3.05) is 29.8 Å². The molecule has 0 spiro atoms. The highest BCUT2D eigenvalue weighted by Crippen LogP contribution is 2.32. The van der Waals surface area contributed by atoms with Crippen molar-refractivity contribution in [2.45, 2.75) is 19.4 Å². The topological polar surface area (TPSA) is 60.9 Å². The second-order valence-electron chi connectivity index (χ2n) is 6.58. The number of rotatable bonds is 5. The third kappa shape index (κ3) is 3.32. The number of benzene rings is 2. The van der Waals surface area contributed by atoms with E-state index >= 15 is 0 Å². The minimum atomic E-state index is -3.79. The van der Waals surface area contributed by atoms with Gasteiger partial charge in [0.2, 0.25) is 5.91 Å². The van der Waals surface area contributed by atoms with Gasteiger partial charge in [-0.3, -0.25) is 4.79 Å². The van der Waals surface area contributed by atoms with Crippen LogP contribution in [0.2, 0.25) is 0 Å². The number of para-hydroxylation sites is 2. The summed E-state index contributed by atoms with van der Waals surface area (Å²) in [4.78, 5) is 14.8. The summed E-state index contributed by atoms with van der Waals surface area (Å²) in [7, 11) is -0.869. The Balaban J connectivity index is 1.94. The first-order valence-corrected chi connectivity index (χ1v) is 9.87. The monoisotopic (exact) mass is 373 g/mol. The summed E-state index contributed by atoms with van der Waals surface area (Å²) in [5, 5.41) is 0.